The summed E-state index contributed by atoms with van der Waals surface area (Å²) < 4.78 is 10.9. The smallest absolute Gasteiger partial charge is 0.176 e. The third kappa shape index (κ3) is 17.5. The summed E-state index contributed by atoms with van der Waals surface area (Å²) >= 11 is 0. The van der Waals surface area contributed by atoms with Crippen LogP contribution in [0.3, 0.4) is 0 Å². The van der Waals surface area contributed by atoms with E-state index in [0.29, 0.717) is 13.2 Å². The van der Waals surface area contributed by atoms with Gasteiger partial charge in [0.1, 0.15) is 6.29 Å². The molecule has 0 aliphatic rings. The van der Waals surface area contributed by atoms with E-state index in [2.05, 4.69) is 6.08 Å². The highest BCUT2D eigenvalue weighted by Gasteiger charge is 2.00. The second-order valence-corrected chi connectivity index (χ2v) is 5.99. The zero-order valence-electron chi connectivity index (χ0n) is 15.4. The molecular formula is C20H38O3. The number of aldehydes is 1. The molecule has 0 aromatic rings. The van der Waals surface area contributed by atoms with Crippen LogP contribution in [-0.4, -0.2) is 25.8 Å². The zero-order valence-corrected chi connectivity index (χ0v) is 15.4. The van der Waals surface area contributed by atoms with Crippen LogP contribution < -0.4 is 0 Å². The number of ether oxygens (including phenoxy) is 2. The lowest BCUT2D eigenvalue weighted by molar-refractivity contribution is -0.108. The van der Waals surface area contributed by atoms with E-state index in [1.54, 1.807) is 0 Å². The third-order valence-corrected chi connectivity index (χ3v) is 3.90. The van der Waals surface area contributed by atoms with Gasteiger partial charge in [0.25, 0.3) is 0 Å². The molecule has 0 heterocycles. The summed E-state index contributed by atoms with van der Waals surface area (Å²) in [5, 5.41) is 0. The van der Waals surface area contributed by atoms with Gasteiger partial charge in [-0.15, -0.1) is 0 Å². The molecule has 0 N–H and O–H groups in total. The maximum atomic E-state index is 10.2. The molecule has 0 saturated carbocycles. The molecule has 0 rings (SSSR count). The summed E-state index contributed by atoms with van der Waals surface area (Å²) in [6, 6.07) is 0. The van der Waals surface area contributed by atoms with Crippen LogP contribution in [0.4, 0.5) is 0 Å². The summed E-state index contributed by atoms with van der Waals surface area (Å²) in [6.45, 7) is 5.36. The fourth-order valence-corrected chi connectivity index (χ4v) is 2.60. The van der Waals surface area contributed by atoms with Gasteiger partial charge in [-0.2, -0.15) is 0 Å². The summed E-state index contributed by atoms with van der Waals surface area (Å²) in [5.74, 6) is 0. The van der Waals surface area contributed by atoms with Gasteiger partial charge in [0.2, 0.25) is 0 Å². The van der Waals surface area contributed by atoms with Crippen LogP contribution in [0.15, 0.2) is 12.2 Å². The second kappa shape index (κ2) is 19.4. The minimum absolute atomic E-state index is 0.170. The predicted octanol–water partition coefficient (Wildman–Crippen LogP) is 5.82. The highest BCUT2D eigenvalue weighted by atomic mass is 16.7. The summed E-state index contributed by atoms with van der Waals surface area (Å²) in [7, 11) is 0. The normalized spacial score (nSPS) is 11.6. The maximum Gasteiger partial charge on any atom is 0.176 e. The van der Waals surface area contributed by atoms with E-state index in [-0.39, 0.29) is 6.29 Å². The SMILES string of the molecule is CCOC(C=CCCCCCCCCCCCCC=O)OCC. The van der Waals surface area contributed by atoms with E-state index in [0.717, 1.165) is 25.5 Å². The Hall–Kier alpha value is -0.670. The van der Waals surface area contributed by atoms with Crippen LogP contribution in [0.2, 0.25) is 0 Å². The molecule has 136 valence electrons. The van der Waals surface area contributed by atoms with E-state index in [4.69, 9.17) is 9.47 Å². The fourth-order valence-electron chi connectivity index (χ4n) is 2.60. The van der Waals surface area contributed by atoms with Gasteiger partial charge in [0, 0.05) is 19.6 Å². The molecule has 0 aromatic heterocycles. The van der Waals surface area contributed by atoms with Gasteiger partial charge in [0.15, 0.2) is 6.29 Å². The van der Waals surface area contributed by atoms with Gasteiger partial charge in [-0.25, -0.2) is 0 Å². The average molecular weight is 327 g/mol. The number of hydrogen-bond acceptors (Lipinski definition) is 3. The zero-order chi connectivity index (χ0) is 17.0. The minimum Gasteiger partial charge on any atom is -0.349 e. The lowest BCUT2D eigenvalue weighted by atomic mass is 10.1. The van der Waals surface area contributed by atoms with Crippen molar-refractivity contribution in [2.24, 2.45) is 0 Å². The summed E-state index contributed by atoms with van der Waals surface area (Å²) in [4.78, 5) is 10.2. The van der Waals surface area contributed by atoms with E-state index >= 15 is 0 Å². The van der Waals surface area contributed by atoms with Gasteiger partial charge in [0.05, 0.1) is 0 Å². The van der Waals surface area contributed by atoms with Gasteiger partial charge in [-0.1, -0.05) is 57.4 Å². The lowest BCUT2D eigenvalue weighted by Gasteiger charge is -2.12. The van der Waals surface area contributed by atoms with Crippen molar-refractivity contribution >= 4 is 6.29 Å². The quantitative estimate of drug-likeness (QED) is 0.138. The van der Waals surface area contributed by atoms with E-state index in [9.17, 15) is 4.79 Å². The average Bonchev–Trinajstić information content (AvgIpc) is 2.55. The Kier molecular flexibility index (Phi) is 18.8. The first-order valence-corrected chi connectivity index (χ1v) is 9.68. The first kappa shape index (κ1) is 22.3. The molecule has 0 aromatic carbocycles. The third-order valence-electron chi connectivity index (χ3n) is 3.90. The Labute approximate surface area is 143 Å². The molecule has 0 saturated heterocycles. The van der Waals surface area contributed by atoms with Crippen LogP contribution in [0, 0.1) is 0 Å². The van der Waals surface area contributed by atoms with E-state index < -0.39 is 0 Å². The summed E-state index contributed by atoms with van der Waals surface area (Å²) in [5.41, 5.74) is 0. The van der Waals surface area contributed by atoms with Crippen molar-refractivity contribution in [3.05, 3.63) is 12.2 Å². The lowest BCUT2D eigenvalue weighted by Crippen LogP contribution is -2.14. The van der Waals surface area contributed by atoms with Gasteiger partial charge < -0.3 is 14.3 Å². The topological polar surface area (TPSA) is 35.5 Å². The number of hydrogen-bond donors (Lipinski definition) is 0. The molecule has 0 radical (unpaired) electrons. The molecule has 0 aliphatic heterocycles. The van der Waals surface area contributed by atoms with Crippen LogP contribution in [-0.2, 0) is 14.3 Å². The Morgan fingerprint density at radius 3 is 1.57 bits per heavy atom. The Balaban J connectivity index is 3.27. The molecule has 0 atom stereocenters. The van der Waals surface area contributed by atoms with Crippen molar-refractivity contribution in [2.75, 3.05) is 13.2 Å². The predicted molar refractivity (Wildman–Crippen MR) is 97.6 cm³/mol. The van der Waals surface area contributed by atoms with Crippen LogP contribution in [0.1, 0.15) is 90.9 Å². The van der Waals surface area contributed by atoms with Crippen LogP contribution >= 0.6 is 0 Å². The first-order chi connectivity index (χ1) is 11.3. The van der Waals surface area contributed by atoms with Gasteiger partial charge >= 0.3 is 0 Å². The Morgan fingerprint density at radius 1 is 0.696 bits per heavy atom. The molecule has 23 heavy (non-hydrogen) atoms. The van der Waals surface area contributed by atoms with Gasteiger partial charge in [-0.05, 0) is 39.2 Å². The van der Waals surface area contributed by atoms with E-state index in [1.807, 2.05) is 19.9 Å². The molecule has 0 fully saturated rings. The number of allylic oxidation sites excluding steroid dienone is 1. The minimum atomic E-state index is -0.170. The van der Waals surface area contributed by atoms with Crippen molar-refractivity contribution in [1.82, 2.24) is 0 Å². The standard InChI is InChI=1S/C20H38O3/c1-3-22-20(23-4-2)18-16-14-12-10-8-6-5-7-9-11-13-15-17-19-21/h16,18-20H,3-15,17H2,1-2H3. The highest BCUT2D eigenvalue weighted by Crippen LogP contribution is 2.12. The number of unbranched alkanes of at least 4 members (excludes halogenated alkanes) is 11. The molecule has 0 unspecified atom stereocenters. The number of carbonyl (C=O) groups is 1. The fraction of sp³-hybridized carbons (Fsp3) is 0.850. The second-order valence-electron chi connectivity index (χ2n) is 5.99. The van der Waals surface area contributed by atoms with E-state index in [1.165, 1.54) is 57.8 Å². The number of carbonyl (C=O) groups excluding carboxylic acids is 1. The largest absolute Gasteiger partial charge is 0.349 e. The Morgan fingerprint density at radius 2 is 1.13 bits per heavy atom. The highest BCUT2D eigenvalue weighted by molar-refractivity contribution is 5.48. The van der Waals surface area contributed by atoms with Crippen LogP contribution in [0.25, 0.3) is 0 Å². The molecule has 0 amide bonds. The molecular weight excluding hydrogens is 288 g/mol. The molecule has 3 nitrogen and oxygen atoms in total. The molecule has 0 spiro atoms. The summed E-state index contributed by atoms with van der Waals surface area (Å²) in [6.07, 6.45) is 19.9. The molecule has 3 heteroatoms. The van der Waals surface area contributed by atoms with Gasteiger partial charge in [-0.3, -0.25) is 0 Å². The van der Waals surface area contributed by atoms with Crippen molar-refractivity contribution in [2.45, 2.75) is 97.2 Å². The van der Waals surface area contributed by atoms with Crippen molar-refractivity contribution in [3.63, 3.8) is 0 Å². The van der Waals surface area contributed by atoms with Crippen molar-refractivity contribution in [1.29, 1.82) is 0 Å². The molecule has 0 bridgehead atoms. The monoisotopic (exact) mass is 326 g/mol. The molecule has 0 aliphatic carbocycles. The van der Waals surface area contributed by atoms with Crippen molar-refractivity contribution < 1.29 is 14.3 Å². The maximum absolute atomic E-state index is 10.2. The first-order valence-electron chi connectivity index (χ1n) is 9.68. The van der Waals surface area contributed by atoms with Crippen LogP contribution in [0.5, 0.6) is 0 Å². The van der Waals surface area contributed by atoms with Crippen molar-refractivity contribution in [3.8, 4) is 0 Å². The Bertz CT molecular complexity index is 258. The number of rotatable bonds is 18.